The predicted octanol–water partition coefficient (Wildman–Crippen LogP) is 2.19. The maximum absolute atomic E-state index is 13.2. The highest BCUT2D eigenvalue weighted by Crippen LogP contribution is 2.28. The Kier molecular flexibility index (Phi) is 7.65. The van der Waals surface area contributed by atoms with Crippen LogP contribution < -0.4 is 14.8 Å². The van der Waals surface area contributed by atoms with E-state index in [2.05, 4.69) is 22.1 Å². The molecule has 10 nitrogen and oxygen atoms in total. The van der Waals surface area contributed by atoms with E-state index in [1.54, 1.807) is 32.0 Å². The van der Waals surface area contributed by atoms with E-state index >= 15 is 0 Å². The quantitative estimate of drug-likeness (QED) is 0.683. The van der Waals surface area contributed by atoms with Crippen LogP contribution in [0, 0.1) is 19.8 Å². The second-order valence-corrected chi connectivity index (χ2v) is 10.1. The van der Waals surface area contributed by atoms with E-state index in [1.165, 1.54) is 19.1 Å². The van der Waals surface area contributed by atoms with E-state index in [9.17, 15) is 13.2 Å². The summed E-state index contributed by atoms with van der Waals surface area (Å²) in [7, 11) is -0.585. The molecule has 0 spiro atoms. The largest absolute Gasteiger partial charge is 0.491 e. The fourth-order valence-electron chi connectivity index (χ4n) is 3.78. The Morgan fingerprint density at radius 3 is 2.64 bits per heavy atom. The molecule has 2 heterocycles. The number of benzene rings is 1. The van der Waals surface area contributed by atoms with Crippen molar-refractivity contribution in [2.24, 2.45) is 5.92 Å². The van der Waals surface area contributed by atoms with Gasteiger partial charge in [0.15, 0.2) is 10.7 Å². The van der Waals surface area contributed by atoms with Gasteiger partial charge in [-0.15, -0.1) is 0 Å². The number of hydrogen-bond acceptors (Lipinski definition) is 8. The van der Waals surface area contributed by atoms with Crippen molar-refractivity contribution in [3.8, 4) is 5.75 Å². The van der Waals surface area contributed by atoms with Crippen molar-refractivity contribution in [2.45, 2.75) is 44.7 Å². The van der Waals surface area contributed by atoms with Crippen LogP contribution in [0.4, 0.5) is 5.69 Å². The molecule has 1 aromatic heterocycles. The van der Waals surface area contributed by atoms with E-state index in [4.69, 9.17) is 14.0 Å². The zero-order valence-electron chi connectivity index (χ0n) is 19.8. The van der Waals surface area contributed by atoms with Crippen LogP contribution in [0.3, 0.4) is 0 Å². The molecule has 0 bridgehead atoms. The summed E-state index contributed by atoms with van der Waals surface area (Å²) in [5.74, 6) is 0.441. The lowest BCUT2D eigenvalue weighted by Crippen LogP contribution is -2.44. The number of carbonyl (C=O) groups is 1. The molecule has 33 heavy (non-hydrogen) atoms. The molecule has 0 saturated carbocycles. The molecule has 0 radical (unpaired) electrons. The monoisotopic (exact) mass is 480 g/mol. The van der Waals surface area contributed by atoms with Crippen molar-refractivity contribution in [1.82, 2.24) is 15.4 Å². The lowest BCUT2D eigenvalue weighted by atomic mass is 10.0. The molecule has 2 aromatic rings. The van der Waals surface area contributed by atoms with Crippen LogP contribution in [0.2, 0.25) is 0 Å². The molecule has 11 heteroatoms. The Morgan fingerprint density at radius 1 is 1.27 bits per heavy atom. The fraction of sp³-hybridized carbons (Fsp3) is 0.545. The number of nitrogens with zero attached hydrogens (tertiary/aromatic N) is 2. The van der Waals surface area contributed by atoms with Gasteiger partial charge in [-0.2, -0.15) is 0 Å². The molecule has 2 N–H and O–H groups in total. The number of sulfonamides is 1. The molecular weight excluding hydrogens is 448 g/mol. The number of fused-ring (bicyclic) bond motifs is 1. The average molecular weight is 481 g/mol. The van der Waals surface area contributed by atoms with Crippen molar-refractivity contribution in [3.63, 3.8) is 0 Å². The number of rotatable bonds is 4. The van der Waals surface area contributed by atoms with Gasteiger partial charge in [-0.3, -0.25) is 9.52 Å². The molecule has 1 aromatic carbocycles. The Morgan fingerprint density at radius 2 is 2.00 bits per heavy atom. The number of hydrogen-bond donors (Lipinski definition) is 2. The topological polar surface area (TPSA) is 123 Å². The predicted molar refractivity (Wildman–Crippen MR) is 123 cm³/mol. The van der Waals surface area contributed by atoms with Gasteiger partial charge in [0.1, 0.15) is 18.1 Å². The molecule has 3 atom stereocenters. The van der Waals surface area contributed by atoms with Gasteiger partial charge in [-0.25, -0.2) is 8.42 Å². The Bertz CT molecular complexity index is 1080. The normalized spacial score (nSPS) is 22.7. The molecule has 0 fully saturated rings. The Hall–Kier alpha value is -2.63. The molecule has 0 saturated heterocycles. The first kappa shape index (κ1) is 25.0. The van der Waals surface area contributed by atoms with Crippen molar-refractivity contribution in [3.05, 3.63) is 35.2 Å². The van der Waals surface area contributed by atoms with E-state index in [1.807, 2.05) is 6.92 Å². The SMILES string of the molecule is CO[C@@H]1CN(C)C(=O)c2ccc(NS(=O)(=O)c3c(C)noc3C)cc2OC[C@@H](C)NC[C@@H]1C. The number of aromatic nitrogens is 1. The summed E-state index contributed by atoms with van der Waals surface area (Å²) in [4.78, 5) is 14.8. The van der Waals surface area contributed by atoms with Crippen LogP contribution in [0.15, 0.2) is 27.6 Å². The third kappa shape index (κ3) is 5.66. The summed E-state index contributed by atoms with van der Waals surface area (Å²) >= 11 is 0. The van der Waals surface area contributed by atoms with Crippen LogP contribution >= 0.6 is 0 Å². The van der Waals surface area contributed by atoms with Crippen molar-refractivity contribution in [2.75, 3.05) is 38.6 Å². The first-order valence-corrected chi connectivity index (χ1v) is 12.3. The highest BCUT2D eigenvalue weighted by atomic mass is 32.2. The van der Waals surface area contributed by atoms with Gasteiger partial charge in [0.05, 0.1) is 17.4 Å². The van der Waals surface area contributed by atoms with E-state index in [-0.39, 0.29) is 46.0 Å². The van der Waals surface area contributed by atoms with Gasteiger partial charge in [0.2, 0.25) is 0 Å². The number of amides is 1. The van der Waals surface area contributed by atoms with E-state index in [0.29, 0.717) is 31.0 Å². The second kappa shape index (κ2) is 10.1. The third-order valence-electron chi connectivity index (χ3n) is 5.72. The molecule has 0 aliphatic carbocycles. The van der Waals surface area contributed by atoms with Crippen LogP contribution in [-0.2, 0) is 14.8 Å². The molecule has 1 amide bonds. The second-order valence-electron chi connectivity index (χ2n) is 8.53. The maximum Gasteiger partial charge on any atom is 0.267 e. The van der Waals surface area contributed by atoms with Crippen LogP contribution in [0.5, 0.6) is 5.75 Å². The molecule has 182 valence electrons. The minimum atomic E-state index is -3.94. The van der Waals surface area contributed by atoms with Crippen LogP contribution in [0.1, 0.15) is 35.7 Å². The number of methoxy groups -OCH3 is 1. The first-order valence-electron chi connectivity index (χ1n) is 10.8. The maximum atomic E-state index is 13.2. The molecule has 0 unspecified atom stereocenters. The lowest BCUT2D eigenvalue weighted by molar-refractivity contribution is 0.0281. The zero-order chi connectivity index (χ0) is 24.3. The minimum absolute atomic E-state index is 0.00714. The van der Waals surface area contributed by atoms with Gasteiger partial charge >= 0.3 is 0 Å². The first-order chi connectivity index (χ1) is 15.5. The van der Waals surface area contributed by atoms with Crippen LogP contribution in [-0.4, -0.2) is 70.4 Å². The van der Waals surface area contributed by atoms with Gasteiger partial charge in [0.25, 0.3) is 15.9 Å². The standard InChI is InChI=1S/C22H32N4O6S/c1-13-10-23-14(2)12-31-19-9-17(25-33(28,29)21-15(3)24-32-16(21)4)7-8-18(19)22(27)26(5)11-20(13)30-6/h7-9,13-14,20,23,25H,10-12H2,1-6H3/t13-,14+,20+/m0/s1. The summed E-state index contributed by atoms with van der Waals surface area (Å²) in [6, 6.07) is 4.63. The van der Waals surface area contributed by atoms with Crippen molar-refractivity contribution in [1.29, 1.82) is 0 Å². The summed E-state index contributed by atoms with van der Waals surface area (Å²) < 4.78 is 44.9. The number of anilines is 1. The fourth-order valence-corrected chi connectivity index (χ4v) is 5.17. The summed E-state index contributed by atoms with van der Waals surface area (Å²) in [5.41, 5.74) is 0.870. The van der Waals surface area contributed by atoms with Crippen LogP contribution in [0.25, 0.3) is 0 Å². The Labute approximate surface area is 194 Å². The van der Waals surface area contributed by atoms with Gasteiger partial charge in [0, 0.05) is 39.4 Å². The number of carbonyl (C=O) groups excluding carboxylic acids is 1. The third-order valence-corrected chi connectivity index (χ3v) is 7.34. The van der Waals surface area contributed by atoms with E-state index < -0.39 is 10.0 Å². The van der Waals surface area contributed by atoms with Crippen molar-refractivity contribution >= 4 is 21.6 Å². The molecule has 1 aliphatic heterocycles. The number of nitrogens with one attached hydrogen (secondary N) is 2. The highest BCUT2D eigenvalue weighted by molar-refractivity contribution is 7.92. The van der Waals surface area contributed by atoms with E-state index in [0.717, 1.165) is 0 Å². The smallest absolute Gasteiger partial charge is 0.267 e. The minimum Gasteiger partial charge on any atom is -0.491 e. The zero-order valence-corrected chi connectivity index (χ0v) is 20.7. The van der Waals surface area contributed by atoms with Gasteiger partial charge in [-0.1, -0.05) is 12.1 Å². The Balaban J connectivity index is 1.94. The average Bonchev–Trinajstić information content (AvgIpc) is 3.11. The molecular formula is C22H32N4O6S. The number of aryl methyl sites for hydroxylation is 2. The van der Waals surface area contributed by atoms with Gasteiger partial charge < -0.3 is 24.2 Å². The number of ether oxygens (including phenoxy) is 2. The summed E-state index contributed by atoms with van der Waals surface area (Å²) in [6.45, 7) is 8.56. The highest BCUT2D eigenvalue weighted by Gasteiger charge is 2.27. The summed E-state index contributed by atoms with van der Waals surface area (Å²) in [6.07, 6.45) is -0.136. The van der Waals surface area contributed by atoms with Crippen molar-refractivity contribution < 1.29 is 27.2 Å². The summed E-state index contributed by atoms with van der Waals surface area (Å²) in [5, 5.41) is 7.13. The lowest BCUT2D eigenvalue weighted by Gasteiger charge is -2.30. The molecule has 1 aliphatic rings. The number of likely N-dealkylation sites (N-methyl/N-ethyl adjacent to an activating group) is 1. The molecule has 3 rings (SSSR count). The van der Waals surface area contributed by atoms with Gasteiger partial charge in [-0.05, 0) is 38.8 Å².